The zero-order valence-corrected chi connectivity index (χ0v) is 10.8. The monoisotopic (exact) mass is 263 g/mol. The molecule has 2 N–H and O–H groups in total. The summed E-state index contributed by atoms with van der Waals surface area (Å²) in [7, 11) is 0. The Bertz CT molecular complexity index is 505. The molecule has 94 valence electrons. The smallest absolute Gasteiger partial charge is 0.320 e. The lowest BCUT2D eigenvalue weighted by atomic mass is 10.2. The van der Waals surface area contributed by atoms with E-state index in [9.17, 15) is 4.79 Å². The highest BCUT2D eigenvalue weighted by Crippen LogP contribution is 2.32. The summed E-state index contributed by atoms with van der Waals surface area (Å²) in [5.74, 6) is 0.308. The predicted molar refractivity (Wildman–Crippen MR) is 70.5 cm³/mol. The highest BCUT2D eigenvalue weighted by Gasteiger charge is 2.32. The molecule has 2 amide bonds. The molecule has 18 heavy (non-hydrogen) atoms. The minimum atomic E-state index is -0.397. The first-order valence-electron chi connectivity index (χ1n) is 5.83. The number of carbonyl (C=O) groups is 1. The van der Waals surface area contributed by atoms with Crippen LogP contribution < -0.4 is 10.6 Å². The third kappa shape index (κ3) is 3.14. The lowest BCUT2D eigenvalue weighted by Crippen LogP contribution is -2.38. The molecule has 0 aromatic heterocycles. The molecule has 1 aliphatic carbocycles. The molecule has 2 rings (SSSR count). The van der Waals surface area contributed by atoms with Crippen molar-refractivity contribution in [3.8, 4) is 6.07 Å². The number of hydrogen-bond donors (Lipinski definition) is 2. The van der Waals surface area contributed by atoms with E-state index in [4.69, 9.17) is 16.9 Å². The molecule has 0 bridgehead atoms. The van der Waals surface area contributed by atoms with Crippen molar-refractivity contribution in [1.29, 1.82) is 5.26 Å². The van der Waals surface area contributed by atoms with Crippen LogP contribution in [-0.4, -0.2) is 12.1 Å². The maximum Gasteiger partial charge on any atom is 0.320 e. The van der Waals surface area contributed by atoms with E-state index in [-0.39, 0.29) is 6.03 Å². The van der Waals surface area contributed by atoms with Gasteiger partial charge in [-0.1, -0.05) is 17.7 Å². The van der Waals surface area contributed by atoms with Gasteiger partial charge in [-0.2, -0.15) is 5.26 Å². The molecule has 1 saturated carbocycles. The summed E-state index contributed by atoms with van der Waals surface area (Å²) in [6.07, 6.45) is 2.02. The van der Waals surface area contributed by atoms with Crippen molar-refractivity contribution in [3.63, 3.8) is 0 Å². The van der Waals surface area contributed by atoms with E-state index in [2.05, 4.69) is 16.7 Å². The number of aryl methyl sites for hydroxylation is 1. The summed E-state index contributed by atoms with van der Waals surface area (Å²) in [4.78, 5) is 11.7. The zero-order chi connectivity index (χ0) is 13.1. The summed E-state index contributed by atoms with van der Waals surface area (Å²) in [5.41, 5.74) is 1.58. The molecule has 0 saturated heterocycles. The quantitative estimate of drug-likeness (QED) is 0.880. The van der Waals surface area contributed by atoms with Crippen molar-refractivity contribution in [2.45, 2.75) is 25.8 Å². The number of carbonyl (C=O) groups excluding carboxylic acids is 1. The summed E-state index contributed by atoms with van der Waals surface area (Å²) in [6, 6.07) is 6.64. The van der Waals surface area contributed by atoms with Crippen molar-refractivity contribution in [1.82, 2.24) is 5.32 Å². The first kappa shape index (κ1) is 12.7. The third-order valence-corrected chi connectivity index (χ3v) is 3.36. The van der Waals surface area contributed by atoms with Crippen molar-refractivity contribution in [2.24, 2.45) is 5.92 Å². The van der Waals surface area contributed by atoms with Crippen LogP contribution in [0.1, 0.15) is 18.4 Å². The average Bonchev–Trinajstić information content (AvgIpc) is 3.15. The number of nitriles is 1. The fourth-order valence-corrected chi connectivity index (χ4v) is 1.84. The van der Waals surface area contributed by atoms with Crippen LogP contribution in [0.15, 0.2) is 18.2 Å². The zero-order valence-electron chi connectivity index (χ0n) is 10.0. The molecule has 1 aliphatic rings. The van der Waals surface area contributed by atoms with Gasteiger partial charge in [0.2, 0.25) is 0 Å². The maximum atomic E-state index is 11.7. The molecular weight excluding hydrogens is 250 g/mol. The number of nitrogens with zero attached hydrogens (tertiary/aromatic N) is 1. The summed E-state index contributed by atoms with van der Waals surface area (Å²) in [6.45, 7) is 1.89. The minimum Gasteiger partial charge on any atom is -0.322 e. The van der Waals surface area contributed by atoms with Crippen molar-refractivity contribution < 1.29 is 4.79 Å². The van der Waals surface area contributed by atoms with Gasteiger partial charge >= 0.3 is 6.03 Å². The largest absolute Gasteiger partial charge is 0.322 e. The normalized spacial score (nSPS) is 15.6. The second-order valence-corrected chi connectivity index (χ2v) is 4.91. The lowest BCUT2D eigenvalue weighted by Gasteiger charge is -2.12. The van der Waals surface area contributed by atoms with Gasteiger partial charge in [-0.25, -0.2) is 4.79 Å². The first-order valence-corrected chi connectivity index (χ1v) is 6.21. The van der Waals surface area contributed by atoms with Crippen LogP contribution in [0.4, 0.5) is 10.5 Å². The Hall–Kier alpha value is -1.73. The third-order valence-electron chi connectivity index (χ3n) is 2.95. The first-order chi connectivity index (χ1) is 8.60. The number of nitrogens with one attached hydrogen (secondary N) is 2. The van der Waals surface area contributed by atoms with Gasteiger partial charge in [0.05, 0.1) is 6.07 Å². The lowest BCUT2D eigenvalue weighted by molar-refractivity contribution is 0.249. The topological polar surface area (TPSA) is 64.9 Å². The molecular formula is C13H14ClN3O. The van der Waals surface area contributed by atoms with Gasteiger partial charge < -0.3 is 10.6 Å². The van der Waals surface area contributed by atoms with E-state index in [0.29, 0.717) is 16.6 Å². The number of hydrogen-bond acceptors (Lipinski definition) is 2. The number of rotatable bonds is 3. The second-order valence-electron chi connectivity index (χ2n) is 4.51. The van der Waals surface area contributed by atoms with Crippen LogP contribution in [-0.2, 0) is 0 Å². The number of anilines is 1. The van der Waals surface area contributed by atoms with E-state index in [1.165, 1.54) is 0 Å². The Kier molecular flexibility index (Phi) is 3.73. The van der Waals surface area contributed by atoms with Crippen LogP contribution in [0.3, 0.4) is 0 Å². The highest BCUT2D eigenvalue weighted by molar-refractivity contribution is 6.31. The van der Waals surface area contributed by atoms with Crippen molar-refractivity contribution in [3.05, 3.63) is 28.8 Å². The van der Waals surface area contributed by atoms with Gasteiger partial charge in [0.15, 0.2) is 0 Å². The molecule has 1 aromatic carbocycles. The molecule has 1 unspecified atom stereocenters. The molecule has 0 radical (unpaired) electrons. The van der Waals surface area contributed by atoms with Crippen LogP contribution >= 0.6 is 11.6 Å². The second kappa shape index (κ2) is 5.28. The standard InChI is InChI=1S/C13H14ClN3O/c1-8-2-5-10(6-11(8)14)16-13(18)17-12(7-15)9-3-4-9/h2,5-6,9,12H,3-4H2,1H3,(H2,16,17,18). The molecule has 0 spiro atoms. The van der Waals surface area contributed by atoms with Gasteiger partial charge in [-0.3, -0.25) is 0 Å². The fraction of sp³-hybridized carbons (Fsp3) is 0.385. The van der Waals surface area contributed by atoms with Gasteiger partial charge in [-0.05, 0) is 43.4 Å². The van der Waals surface area contributed by atoms with E-state index in [1.807, 2.05) is 13.0 Å². The predicted octanol–water partition coefficient (Wildman–Crippen LogP) is 3.07. The van der Waals surface area contributed by atoms with Gasteiger partial charge in [0.1, 0.15) is 6.04 Å². The SMILES string of the molecule is Cc1ccc(NC(=O)NC(C#N)C2CC2)cc1Cl. The van der Waals surface area contributed by atoms with Crippen LogP contribution in [0.25, 0.3) is 0 Å². The number of amides is 2. The van der Waals surface area contributed by atoms with Gasteiger partial charge in [-0.15, -0.1) is 0 Å². The molecule has 0 aliphatic heterocycles. The maximum absolute atomic E-state index is 11.7. The van der Waals surface area contributed by atoms with Crippen LogP contribution in [0.2, 0.25) is 5.02 Å². The van der Waals surface area contributed by atoms with Gasteiger partial charge in [0.25, 0.3) is 0 Å². The average molecular weight is 264 g/mol. The molecule has 1 atom stereocenters. The Labute approximate surface area is 111 Å². The molecule has 1 aromatic rings. The number of urea groups is 1. The minimum absolute atomic E-state index is 0.308. The molecule has 4 nitrogen and oxygen atoms in total. The van der Waals surface area contributed by atoms with Crippen LogP contribution in [0.5, 0.6) is 0 Å². The number of benzene rings is 1. The van der Waals surface area contributed by atoms with E-state index < -0.39 is 6.04 Å². The number of halogens is 1. The van der Waals surface area contributed by atoms with Crippen molar-refractivity contribution in [2.75, 3.05) is 5.32 Å². The summed E-state index contributed by atoms with van der Waals surface area (Å²) in [5, 5.41) is 14.9. The Morgan fingerprint density at radius 2 is 2.28 bits per heavy atom. The Morgan fingerprint density at radius 1 is 1.56 bits per heavy atom. The Morgan fingerprint density at radius 3 is 2.83 bits per heavy atom. The van der Waals surface area contributed by atoms with E-state index >= 15 is 0 Å². The van der Waals surface area contributed by atoms with E-state index in [1.54, 1.807) is 12.1 Å². The molecule has 5 heteroatoms. The van der Waals surface area contributed by atoms with Gasteiger partial charge in [0, 0.05) is 10.7 Å². The van der Waals surface area contributed by atoms with Crippen LogP contribution in [0, 0.1) is 24.2 Å². The highest BCUT2D eigenvalue weighted by atomic mass is 35.5. The molecule has 1 fully saturated rings. The molecule has 0 heterocycles. The Balaban J connectivity index is 1.94. The fourth-order valence-electron chi connectivity index (χ4n) is 1.66. The summed E-state index contributed by atoms with van der Waals surface area (Å²) < 4.78 is 0. The summed E-state index contributed by atoms with van der Waals surface area (Å²) >= 11 is 5.97. The van der Waals surface area contributed by atoms with E-state index in [0.717, 1.165) is 18.4 Å². The van der Waals surface area contributed by atoms with Crippen molar-refractivity contribution >= 4 is 23.3 Å².